The van der Waals surface area contributed by atoms with Crippen molar-refractivity contribution >= 4 is 15.9 Å². The Bertz CT molecular complexity index is 496. The van der Waals surface area contributed by atoms with Crippen molar-refractivity contribution in [3.05, 3.63) is 15.9 Å². The Morgan fingerprint density at radius 3 is 2.50 bits per heavy atom. The average molecular weight is 340 g/mol. The molecule has 20 heavy (non-hydrogen) atoms. The predicted octanol–water partition coefficient (Wildman–Crippen LogP) is 1.77. The maximum Gasteiger partial charge on any atom is 0.0950 e. The van der Waals surface area contributed by atoms with Gasteiger partial charge < -0.3 is 0 Å². The summed E-state index contributed by atoms with van der Waals surface area (Å²) in [7, 11) is 2.01. The van der Waals surface area contributed by atoms with Crippen LogP contribution < -0.4 is 0 Å². The van der Waals surface area contributed by atoms with Crippen LogP contribution in [0.4, 0.5) is 0 Å². The highest BCUT2D eigenvalue weighted by Gasteiger charge is 2.22. The van der Waals surface area contributed by atoms with Gasteiger partial charge in [0.05, 0.1) is 28.0 Å². The highest BCUT2D eigenvalue weighted by molar-refractivity contribution is 9.10. The summed E-state index contributed by atoms with van der Waals surface area (Å²) < 4.78 is 3.13. The van der Waals surface area contributed by atoms with Gasteiger partial charge >= 0.3 is 0 Å². The zero-order valence-electron chi connectivity index (χ0n) is 12.4. The monoisotopic (exact) mass is 339 g/mol. The maximum absolute atomic E-state index is 8.97. The third-order valence-electron chi connectivity index (χ3n) is 4.02. The molecule has 0 N–H and O–H groups in total. The third-order valence-corrected chi connectivity index (χ3v) is 4.93. The lowest BCUT2D eigenvalue weighted by atomic mass is 10.2. The lowest BCUT2D eigenvalue weighted by Crippen LogP contribution is -2.48. The normalized spacial score (nSPS) is 18.9. The number of halogens is 1. The lowest BCUT2D eigenvalue weighted by Gasteiger charge is -2.35. The largest absolute Gasteiger partial charge is 0.295 e. The first kappa shape index (κ1) is 15.5. The van der Waals surface area contributed by atoms with Crippen LogP contribution in [0.3, 0.4) is 0 Å². The van der Waals surface area contributed by atoms with E-state index >= 15 is 0 Å². The summed E-state index contributed by atoms with van der Waals surface area (Å²) in [6.45, 7) is 8.95. The Labute approximate surface area is 129 Å². The number of hydrogen-bond donors (Lipinski definition) is 0. The fourth-order valence-corrected chi connectivity index (χ4v) is 3.34. The van der Waals surface area contributed by atoms with Gasteiger partial charge in [-0.2, -0.15) is 10.4 Å². The number of aromatic nitrogens is 2. The van der Waals surface area contributed by atoms with Gasteiger partial charge in [0.1, 0.15) is 0 Å². The van der Waals surface area contributed by atoms with Gasteiger partial charge in [0.25, 0.3) is 0 Å². The fourth-order valence-electron chi connectivity index (χ4n) is 2.59. The van der Waals surface area contributed by atoms with E-state index in [4.69, 9.17) is 5.26 Å². The molecule has 1 atom stereocenters. The minimum atomic E-state index is 0.0206. The molecule has 1 aliphatic heterocycles. The summed E-state index contributed by atoms with van der Waals surface area (Å²) in [5, 5.41) is 13.5. The molecular weight excluding hydrogens is 318 g/mol. The van der Waals surface area contributed by atoms with Crippen molar-refractivity contribution in [2.75, 3.05) is 26.2 Å². The molecule has 0 aliphatic carbocycles. The van der Waals surface area contributed by atoms with Gasteiger partial charge in [-0.1, -0.05) is 6.92 Å². The molecule has 0 amide bonds. The number of aryl methyl sites for hydroxylation is 2. The van der Waals surface area contributed by atoms with Crippen LogP contribution >= 0.6 is 15.9 Å². The van der Waals surface area contributed by atoms with Crippen LogP contribution in [0, 0.1) is 11.3 Å². The van der Waals surface area contributed by atoms with Crippen molar-refractivity contribution in [3.63, 3.8) is 0 Å². The number of hydrogen-bond acceptors (Lipinski definition) is 4. The maximum atomic E-state index is 8.97. The van der Waals surface area contributed by atoms with Gasteiger partial charge in [0.2, 0.25) is 0 Å². The van der Waals surface area contributed by atoms with E-state index in [1.807, 2.05) is 18.7 Å². The smallest absolute Gasteiger partial charge is 0.0950 e. The van der Waals surface area contributed by atoms with Crippen molar-refractivity contribution in [2.45, 2.75) is 32.9 Å². The van der Waals surface area contributed by atoms with Crippen molar-refractivity contribution in [3.8, 4) is 6.07 Å². The molecule has 6 heteroatoms. The van der Waals surface area contributed by atoms with Crippen LogP contribution in [0.2, 0.25) is 0 Å². The van der Waals surface area contributed by atoms with Crippen LogP contribution in [0.1, 0.15) is 25.2 Å². The van der Waals surface area contributed by atoms with E-state index in [0.29, 0.717) is 0 Å². The van der Waals surface area contributed by atoms with E-state index in [1.54, 1.807) is 0 Å². The Balaban J connectivity index is 1.96. The van der Waals surface area contributed by atoms with Gasteiger partial charge in [0, 0.05) is 39.8 Å². The number of nitriles is 1. The molecule has 1 aromatic rings. The van der Waals surface area contributed by atoms with Crippen molar-refractivity contribution in [1.82, 2.24) is 19.6 Å². The second-order valence-corrected chi connectivity index (χ2v) is 6.09. The highest BCUT2D eigenvalue weighted by atomic mass is 79.9. The zero-order valence-corrected chi connectivity index (χ0v) is 14.0. The first-order valence-corrected chi connectivity index (χ1v) is 7.92. The average Bonchev–Trinajstić information content (AvgIpc) is 2.74. The van der Waals surface area contributed by atoms with E-state index in [0.717, 1.165) is 49.3 Å². The molecule has 1 saturated heterocycles. The molecule has 0 saturated carbocycles. The number of piperazine rings is 1. The summed E-state index contributed by atoms with van der Waals surface area (Å²) in [4.78, 5) is 4.67. The molecule has 0 radical (unpaired) electrons. The van der Waals surface area contributed by atoms with Crippen LogP contribution in [-0.2, 0) is 20.0 Å². The highest BCUT2D eigenvalue weighted by Crippen LogP contribution is 2.23. The second-order valence-electron chi connectivity index (χ2n) is 5.30. The first-order valence-electron chi connectivity index (χ1n) is 7.13. The van der Waals surface area contributed by atoms with E-state index in [9.17, 15) is 0 Å². The summed E-state index contributed by atoms with van der Waals surface area (Å²) >= 11 is 3.67. The summed E-state index contributed by atoms with van der Waals surface area (Å²) in [6, 6.07) is 2.33. The van der Waals surface area contributed by atoms with Crippen molar-refractivity contribution in [1.29, 1.82) is 5.26 Å². The first-order chi connectivity index (χ1) is 9.56. The summed E-state index contributed by atoms with van der Waals surface area (Å²) in [5.74, 6) is 0. The van der Waals surface area contributed by atoms with Crippen LogP contribution in [-0.4, -0.2) is 51.8 Å². The molecule has 5 nitrogen and oxygen atoms in total. The van der Waals surface area contributed by atoms with E-state index in [1.165, 1.54) is 5.69 Å². The van der Waals surface area contributed by atoms with E-state index < -0.39 is 0 Å². The van der Waals surface area contributed by atoms with Crippen LogP contribution in [0.5, 0.6) is 0 Å². The minimum Gasteiger partial charge on any atom is -0.295 e. The van der Waals surface area contributed by atoms with Crippen molar-refractivity contribution < 1.29 is 0 Å². The van der Waals surface area contributed by atoms with Gasteiger partial charge in [-0.15, -0.1) is 0 Å². The topological polar surface area (TPSA) is 48.1 Å². The molecule has 1 unspecified atom stereocenters. The Morgan fingerprint density at radius 1 is 1.35 bits per heavy atom. The molecular formula is C14H22BrN5. The molecule has 1 fully saturated rings. The Kier molecular flexibility index (Phi) is 5.19. The Hall–Kier alpha value is -0.900. The summed E-state index contributed by atoms with van der Waals surface area (Å²) in [5.41, 5.74) is 2.36. The number of rotatable bonds is 4. The number of nitrogens with zero attached hydrogens (tertiary/aromatic N) is 5. The molecule has 1 aliphatic rings. The van der Waals surface area contributed by atoms with Gasteiger partial charge in [-0.25, -0.2) is 0 Å². The van der Waals surface area contributed by atoms with Crippen LogP contribution in [0.15, 0.2) is 4.47 Å². The van der Waals surface area contributed by atoms with E-state index in [2.05, 4.69) is 43.8 Å². The van der Waals surface area contributed by atoms with E-state index in [-0.39, 0.29) is 6.04 Å². The molecule has 2 heterocycles. The molecule has 110 valence electrons. The molecule has 0 spiro atoms. The van der Waals surface area contributed by atoms with Crippen molar-refractivity contribution in [2.24, 2.45) is 7.05 Å². The zero-order chi connectivity index (χ0) is 14.7. The molecule has 0 aromatic carbocycles. The summed E-state index contributed by atoms with van der Waals surface area (Å²) in [6.07, 6.45) is 0.946. The minimum absolute atomic E-state index is 0.0206. The van der Waals surface area contributed by atoms with Gasteiger partial charge in [0.15, 0.2) is 0 Å². The molecule has 1 aromatic heterocycles. The SMILES string of the molecule is CCc1nn(C)c(CN2CCN(C(C)C#N)CC2)c1Br. The predicted molar refractivity (Wildman–Crippen MR) is 82.2 cm³/mol. The molecule has 2 rings (SSSR count). The van der Waals surface area contributed by atoms with Crippen LogP contribution in [0.25, 0.3) is 0 Å². The fraction of sp³-hybridized carbons (Fsp3) is 0.714. The second kappa shape index (κ2) is 6.70. The molecule has 0 bridgehead atoms. The Morgan fingerprint density at radius 2 is 2.00 bits per heavy atom. The van der Waals surface area contributed by atoms with Gasteiger partial charge in [-0.3, -0.25) is 14.5 Å². The lowest BCUT2D eigenvalue weighted by molar-refractivity contribution is 0.112. The quantitative estimate of drug-likeness (QED) is 0.838. The van der Waals surface area contributed by atoms with Gasteiger partial charge in [-0.05, 0) is 29.3 Å². The third kappa shape index (κ3) is 3.22. The standard InChI is InChI=1S/C14H22BrN5/c1-4-12-14(15)13(18(3)17-12)10-19-5-7-20(8-6-19)11(2)9-16/h11H,4-8,10H2,1-3H3.